The molecule has 0 fully saturated rings. The minimum Gasteiger partial charge on any atom is -0.495 e. The third kappa shape index (κ3) is 3.59. The summed E-state index contributed by atoms with van der Waals surface area (Å²) < 4.78 is 7.14. The number of thioether (sulfide) groups is 1. The maximum absolute atomic E-state index is 5.55. The first kappa shape index (κ1) is 15.7. The molecule has 0 atom stereocenters. The van der Waals surface area contributed by atoms with E-state index in [1.165, 1.54) is 0 Å². The third-order valence-electron chi connectivity index (χ3n) is 2.51. The Morgan fingerprint density at radius 2 is 2.21 bits per heavy atom. The molecule has 2 N–H and O–H groups in total. The average Bonchev–Trinajstić information content (AvgIpc) is 2.77. The number of pyridine rings is 1. The summed E-state index contributed by atoms with van der Waals surface area (Å²) >= 11 is 1.56. The molecule has 0 aliphatic rings. The van der Waals surface area contributed by atoms with Crippen LogP contribution in [0.15, 0.2) is 23.5 Å². The van der Waals surface area contributed by atoms with E-state index in [4.69, 9.17) is 10.5 Å². The molecule has 6 nitrogen and oxygen atoms in total. The molecular weight excluding hydrogens is 286 g/mol. The smallest absolute Gasteiger partial charge is 0.191 e. The number of hydrogen-bond donors (Lipinski definition) is 1. The van der Waals surface area contributed by atoms with Gasteiger partial charge in [0, 0.05) is 19.0 Å². The van der Waals surface area contributed by atoms with Crippen molar-refractivity contribution in [3.05, 3.63) is 29.8 Å². The Morgan fingerprint density at radius 1 is 1.42 bits per heavy atom. The quantitative estimate of drug-likeness (QED) is 0.841. The van der Waals surface area contributed by atoms with Crippen LogP contribution < -0.4 is 10.5 Å². The Morgan fingerprint density at radius 3 is 2.84 bits per heavy atom. The summed E-state index contributed by atoms with van der Waals surface area (Å²) in [5, 5.41) is 8.91. The molecule has 0 unspecified atom stereocenters. The molecule has 0 amide bonds. The van der Waals surface area contributed by atoms with Crippen molar-refractivity contribution in [3.8, 4) is 5.75 Å². The normalized spacial score (nSPS) is 10.1. The predicted molar refractivity (Wildman–Crippen MR) is 76.5 cm³/mol. The fourth-order valence-electron chi connectivity index (χ4n) is 1.50. The summed E-state index contributed by atoms with van der Waals surface area (Å²) in [6.07, 6.45) is 1.75. The van der Waals surface area contributed by atoms with Crippen molar-refractivity contribution in [1.82, 2.24) is 19.7 Å². The van der Waals surface area contributed by atoms with Crippen LogP contribution in [0.3, 0.4) is 0 Å². The van der Waals surface area contributed by atoms with Crippen LogP contribution in [0.5, 0.6) is 5.75 Å². The maximum Gasteiger partial charge on any atom is 0.191 e. The summed E-state index contributed by atoms with van der Waals surface area (Å²) in [6.45, 7) is 0.386. The van der Waals surface area contributed by atoms with E-state index in [1.54, 1.807) is 25.1 Å². The number of ether oxygens (including phenoxy) is 1. The van der Waals surface area contributed by atoms with Crippen LogP contribution >= 0.6 is 24.2 Å². The minimum atomic E-state index is 0. The molecule has 0 spiro atoms. The average molecular weight is 302 g/mol. The zero-order valence-electron chi connectivity index (χ0n) is 10.7. The van der Waals surface area contributed by atoms with E-state index in [2.05, 4.69) is 15.2 Å². The van der Waals surface area contributed by atoms with Crippen LogP contribution in [-0.2, 0) is 19.3 Å². The second kappa shape index (κ2) is 7.32. The van der Waals surface area contributed by atoms with Crippen molar-refractivity contribution < 1.29 is 4.74 Å². The maximum atomic E-state index is 5.55. The van der Waals surface area contributed by atoms with E-state index in [9.17, 15) is 0 Å². The van der Waals surface area contributed by atoms with E-state index in [-0.39, 0.29) is 12.4 Å². The molecule has 0 aliphatic heterocycles. The van der Waals surface area contributed by atoms with Crippen LogP contribution in [0.1, 0.15) is 11.5 Å². The van der Waals surface area contributed by atoms with Crippen molar-refractivity contribution in [2.75, 3.05) is 7.11 Å². The minimum absolute atomic E-state index is 0. The van der Waals surface area contributed by atoms with Gasteiger partial charge in [-0.15, -0.1) is 22.6 Å². The molecule has 2 heterocycles. The van der Waals surface area contributed by atoms with Crippen LogP contribution in [0.2, 0.25) is 0 Å². The van der Waals surface area contributed by atoms with Gasteiger partial charge >= 0.3 is 0 Å². The highest BCUT2D eigenvalue weighted by Crippen LogP contribution is 2.24. The largest absolute Gasteiger partial charge is 0.495 e. The Kier molecular flexibility index (Phi) is 6.07. The molecule has 0 aromatic carbocycles. The molecule has 0 saturated carbocycles. The fourth-order valence-corrected chi connectivity index (χ4v) is 2.38. The summed E-state index contributed by atoms with van der Waals surface area (Å²) in [6, 6.07) is 3.74. The van der Waals surface area contributed by atoms with Gasteiger partial charge in [0.15, 0.2) is 5.16 Å². The topological polar surface area (TPSA) is 78.8 Å². The van der Waals surface area contributed by atoms with E-state index in [1.807, 2.05) is 23.7 Å². The Labute approximate surface area is 122 Å². The molecule has 2 rings (SSSR count). The monoisotopic (exact) mass is 301 g/mol. The number of hydrogen-bond acceptors (Lipinski definition) is 6. The molecule has 0 bridgehead atoms. The van der Waals surface area contributed by atoms with Gasteiger partial charge in [0.1, 0.15) is 11.6 Å². The van der Waals surface area contributed by atoms with Crippen molar-refractivity contribution in [2.24, 2.45) is 12.8 Å². The zero-order chi connectivity index (χ0) is 13.0. The Balaban J connectivity index is 0.00000180. The second-order valence-electron chi connectivity index (χ2n) is 3.60. The number of methoxy groups -OCH3 is 1. The van der Waals surface area contributed by atoms with E-state index in [0.717, 1.165) is 22.4 Å². The summed E-state index contributed by atoms with van der Waals surface area (Å²) in [7, 11) is 3.54. The first-order chi connectivity index (χ1) is 8.76. The lowest BCUT2D eigenvalue weighted by Crippen LogP contribution is -2.05. The van der Waals surface area contributed by atoms with E-state index in [0.29, 0.717) is 12.3 Å². The summed E-state index contributed by atoms with van der Waals surface area (Å²) in [5.41, 5.74) is 6.44. The zero-order valence-corrected chi connectivity index (χ0v) is 12.4. The van der Waals surface area contributed by atoms with Gasteiger partial charge in [0.25, 0.3) is 0 Å². The number of halogens is 1. The van der Waals surface area contributed by atoms with Gasteiger partial charge in [-0.2, -0.15) is 0 Å². The molecule has 0 saturated heterocycles. The van der Waals surface area contributed by atoms with Gasteiger partial charge in [-0.05, 0) is 12.1 Å². The van der Waals surface area contributed by atoms with Gasteiger partial charge in [0.2, 0.25) is 0 Å². The highest BCUT2D eigenvalue weighted by atomic mass is 35.5. The van der Waals surface area contributed by atoms with Gasteiger partial charge < -0.3 is 15.0 Å². The van der Waals surface area contributed by atoms with Crippen molar-refractivity contribution in [1.29, 1.82) is 0 Å². The van der Waals surface area contributed by atoms with Crippen molar-refractivity contribution >= 4 is 24.2 Å². The van der Waals surface area contributed by atoms with Crippen LogP contribution in [0.25, 0.3) is 0 Å². The lowest BCUT2D eigenvalue weighted by molar-refractivity contribution is 0.409. The standard InChI is InChI=1S/C11H15N5OS.ClH/c1-16-10(6-12)14-15-11(16)18-7-8-9(17-2)4-3-5-13-8;/h3-5H,6-7,12H2,1-2H3;1H. The Bertz CT molecular complexity index is 534. The third-order valence-corrected chi connectivity index (χ3v) is 3.55. The van der Waals surface area contributed by atoms with Crippen molar-refractivity contribution in [3.63, 3.8) is 0 Å². The summed E-state index contributed by atoms with van der Waals surface area (Å²) in [5.74, 6) is 2.23. The molecule has 104 valence electrons. The fraction of sp³-hybridized carbons (Fsp3) is 0.364. The SMILES string of the molecule is COc1cccnc1CSc1nnc(CN)n1C.Cl. The van der Waals surface area contributed by atoms with Crippen LogP contribution in [0, 0.1) is 0 Å². The molecule has 0 aliphatic carbocycles. The van der Waals surface area contributed by atoms with Gasteiger partial charge in [0.05, 0.1) is 19.3 Å². The predicted octanol–water partition coefficient (Wildman–Crippen LogP) is 1.39. The van der Waals surface area contributed by atoms with E-state index < -0.39 is 0 Å². The van der Waals surface area contributed by atoms with Crippen LogP contribution in [0.4, 0.5) is 0 Å². The molecule has 8 heteroatoms. The van der Waals surface area contributed by atoms with Gasteiger partial charge in [-0.3, -0.25) is 4.98 Å². The molecule has 2 aromatic rings. The molecular formula is C11H16ClN5OS. The first-order valence-electron chi connectivity index (χ1n) is 5.45. The highest BCUT2D eigenvalue weighted by Gasteiger charge is 2.10. The lowest BCUT2D eigenvalue weighted by atomic mass is 10.3. The number of aromatic nitrogens is 4. The first-order valence-corrected chi connectivity index (χ1v) is 6.43. The lowest BCUT2D eigenvalue weighted by Gasteiger charge is -2.06. The van der Waals surface area contributed by atoms with Gasteiger partial charge in [-0.1, -0.05) is 11.8 Å². The summed E-state index contributed by atoms with van der Waals surface area (Å²) in [4.78, 5) is 4.29. The number of rotatable bonds is 5. The number of nitrogens with two attached hydrogens (primary N) is 1. The van der Waals surface area contributed by atoms with E-state index >= 15 is 0 Å². The number of nitrogens with zero attached hydrogens (tertiary/aromatic N) is 4. The molecule has 2 aromatic heterocycles. The van der Waals surface area contributed by atoms with Crippen molar-refractivity contribution in [2.45, 2.75) is 17.5 Å². The second-order valence-corrected chi connectivity index (χ2v) is 4.55. The van der Waals surface area contributed by atoms with Gasteiger partial charge in [-0.25, -0.2) is 0 Å². The Hall–Kier alpha value is -1.31. The van der Waals surface area contributed by atoms with Crippen LogP contribution in [-0.4, -0.2) is 26.9 Å². The highest BCUT2D eigenvalue weighted by molar-refractivity contribution is 7.98. The molecule has 19 heavy (non-hydrogen) atoms. The molecule has 0 radical (unpaired) electrons.